The highest BCUT2D eigenvalue weighted by atomic mass is 32.2. The van der Waals surface area contributed by atoms with Crippen molar-refractivity contribution in [1.29, 1.82) is 0 Å². The van der Waals surface area contributed by atoms with Gasteiger partial charge >= 0.3 is 0 Å². The lowest BCUT2D eigenvalue weighted by atomic mass is 10.2. The third kappa shape index (κ3) is 3.20. The number of nitrogens with zero attached hydrogens (tertiary/aromatic N) is 1. The molecule has 0 bridgehead atoms. The van der Waals surface area contributed by atoms with Crippen LogP contribution in [-0.2, 0) is 10.0 Å². The van der Waals surface area contributed by atoms with Crippen molar-refractivity contribution < 1.29 is 8.42 Å². The van der Waals surface area contributed by atoms with Gasteiger partial charge in [0.25, 0.3) is 0 Å². The molecule has 2 rings (SSSR count). The Morgan fingerprint density at radius 2 is 2.06 bits per heavy atom. The SMILES string of the molecule is Cc1cc(S(=O)(=O)NC2CC2)cnc1NC(C)C. The second-order valence-electron chi connectivity index (χ2n) is 5.03. The van der Waals surface area contributed by atoms with Crippen LogP contribution in [0, 0.1) is 6.92 Å². The molecule has 1 fully saturated rings. The average Bonchev–Trinajstić information content (AvgIpc) is 3.03. The summed E-state index contributed by atoms with van der Waals surface area (Å²) in [4.78, 5) is 4.42. The van der Waals surface area contributed by atoms with Crippen molar-refractivity contribution in [2.24, 2.45) is 0 Å². The van der Waals surface area contributed by atoms with E-state index < -0.39 is 10.0 Å². The van der Waals surface area contributed by atoms with Gasteiger partial charge in [0.15, 0.2) is 0 Å². The highest BCUT2D eigenvalue weighted by Gasteiger charge is 2.28. The molecule has 2 N–H and O–H groups in total. The van der Waals surface area contributed by atoms with Crippen LogP contribution < -0.4 is 10.0 Å². The van der Waals surface area contributed by atoms with Crippen LogP contribution in [0.5, 0.6) is 0 Å². The molecule has 100 valence electrons. The van der Waals surface area contributed by atoms with E-state index in [1.807, 2.05) is 20.8 Å². The standard InChI is InChI=1S/C12H19N3O2S/c1-8(2)14-12-9(3)6-11(7-13-12)18(16,17)15-10-4-5-10/h6-8,10,15H,4-5H2,1-3H3,(H,13,14). The molecule has 0 amide bonds. The van der Waals surface area contributed by atoms with E-state index in [0.29, 0.717) is 0 Å². The Balaban J connectivity index is 2.22. The summed E-state index contributed by atoms with van der Waals surface area (Å²) >= 11 is 0. The van der Waals surface area contributed by atoms with Gasteiger partial charge in [0, 0.05) is 18.3 Å². The number of hydrogen-bond acceptors (Lipinski definition) is 4. The van der Waals surface area contributed by atoms with Crippen LogP contribution in [0.25, 0.3) is 0 Å². The molecule has 1 heterocycles. The zero-order chi connectivity index (χ0) is 13.3. The first-order valence-corrected chi connectivity index (χ1v) is 7.62. The second-order valence-corrected chi connectivity index (χ2v) is 6.75. The normalized spacial score (nSPS) is 16.0. The maximum atomic E-state index is 12.0. The van der Waals surface area contributed by atoms with Crippen molar-refractivity contribution >= 4 is 15.8 Å². The topological polar surface area (TPSA) is 71.1 Å². The molecule has 18 heavy (non-hydrogen) atoms. The Labute approximate surface area is 108 Å². The lowest BCUT2D eigenvalue weighted by molar-refractivity contribution is 0.580. The predicted octanol–water partition coefficient (Wildman–Crippen LogP) is 1.65. The van der Waals surface area contributed by atoms with Crippen molar-refractivity contribution in [2.45, 2.75) is 50.6 Å². The van der Waals surface area contributed by atoms with Crippen molar-refractivity contribution in [2.75, 3.05) is 5.32 Å². The van der Waals surface area contributed by atoms with Gasteiger partial charge in [-0.1, -0.05) is 0 Å². The highest BCUT2D eigenvalue weighted by Crippen LogP contribution is 2.23. The van der Waals surface area contributed by atoms with Crippen LogP contribution in [0.1, 0.15) is 32.3 Å². The van der Waals surface area contributed by atoms with Gasteiger partial charge in [-0.2, -0.15) is 0 Å². The van der Waals surface area contributed by atoms with Crippen LogP contribution in [0.2, 0.25) is 0 Å². The number of aryl methyl sites for hydroxylation is 1. The molecule has 1 aromatic rings. The van der Waals surface area contributed by atoms with Gasteiger partial charge in [0.2, 0.25) is 10.0 Å². The maximum absolute atomic E-state index is 12.0. The molecule has 1 aromatic heterocycles. The molecule has 1 saturated carbocycles. The van der Waals surface area contributed by atoms with E-state index in [1.54, 1.807) is 6.07 Å². The summed E-state index contributed by atoms with van der Waals surface area (Å²) in [5.41, 5.74) is 0.836. The number of sulfonamides is 1. The number of nitrogens with one attached hydrogen (secondary N) is 2. The predicted molar refractivity (Wildman–Crippen MR) is 71.1 cm³/mol. The Morgan fingerprint density at radius 3 is 2.56 bits per heavy atom. The fraction of sp³-hybridized carbons (Fsp3) is 0.583. The number of hydrogen-bond donors (Lipinski definition) is 2. The number of pyridine rings is 1. The molecule has 5 nitrogen and oxygen atoms in total. The largest absolute Gasteiger partial charge is 0.368 e. The van der Waals surface area contributed by atoms with Crippen molar-refractivity contribution in [3.05, 3.63) is 17.8 Å². The number of anilines is 1. The fourth-order valence-electron chi connectivity index (χ4n) is 1.61. The quantitative estimate of drug-likeness (QED) is 0.852. The Bertz CT molecular complexity index is 536. The zero-order valence-corrected chi connectivity index (χ0v) is 11.7. The van der Waals surface area contributed by atoms with Gasteiger partial charge < -0.3 is 5.32 Å². The molecule has 0 spiro atoms. The van der Waals surface area contributed by atoms with Gasteiger partial charge in [-0.25, -0.2) is 18.1 Å². The molecule has 0 saturated heterocycles. The minimum Gasteiger partial charge on any atom is -0.368 e. The number of aromatic nitrogens is 1. The number of rotatable bonds is 5. The summed E-state index contributed by atoms with van der Waals surface area (Å²) in [5.74, 6) is 0.732. The van der Waals surface area contributed by atoms with Crippen LogP contribution in [0.4, 0.5) is 5.82 Å². The van der Waals surface area contributed by atoms with Crippen LogP contribution >= 0.6 is 0 Å². The highest BCUT2D eigenvalue weighted by molar-refractivity contribution is 7.89. The van der Waals surface area contributed by atoms with E-state index in [9.17, 15) is 8.42 Å². The van der Waals surface area contributed by atoms with Crippen LogP contribution in [-0.4, -0.2) is 25.5 Å². The van der Waals surface area contributed by atoms with E-state index in [2.05, 4.69) is 15.0 Å². The minimum absolute atomic E-state index is 0.115. The van der Waals surface area contributed by atoms with E-state index in [-0.39, 0.29) is 17.0 Å². The first-order valence-electron chi connectivity index (χ1n) is 6.14. The van der Waals surface area contributed by atoms with Gasteiger partial charge in [0.05, 0.1) is 0 Å². The smallest absolute Gasteiger partial charge is 0.242 e. The first-order chi connectivity index (χ1) is 8.38. The second kappa shape index (κ2) is 4.85. The minimum atomic E-state index is -3.41. The van der Waals surface area contributed by atoms with Gasteiger partial charge in [-0.05, 0) is 45.2 Å². The zero-order valence-electron chi connectivity index (χ0n) is 10.9. The van der Waals surface area contributed by atoms with E-state index in [0.717, 1.165) is 24.2 Å². The van der Waals surface area contributed by atoms with Gasteiger partial charge in [-0.3, -0.25) is 0 Å². The monoisotopic (exact) mass is 269 g/mol. The first kappa shape index (κ1) is 13.3. The summed E-state index contributed by atoms with van der Waals surface area (Å²) in [7, 11) is -3.41. The third-order valence-electron chi connectivity index (χ3n) is 2.69. The summed E-state index contributed by atoms with van der Waals surface area (Å²) < 4.78 is 26.6. The summed E-state index contributed by atoms with van der Waals surface area (Å²) in [6, 6.07) is 2.04. The maximum Gasteiger partial charge on any atom is 0.242 e. The lowest BCUT2D eigenvalue weighted by Crippen LogP contribution is -2.26. The summed E-state index contributed by atoms with van der Waals surface area (Å²) in [6.45, 7) is 5.88. The summed E-state index contributed by atoms with van der Waals surface area (Å²) in [6.07, 6.45) is 3.26. The Hall–Kier alpha value is -1.14. The average molecular weight is 269 g/mol. The lowest BCUT2D eigenvalue weighted by Gasteiger charge is -2.13. The van der Waals surface area contributed by atoms with E-state index >= 15 is 0 Å². The third-order valence-corrected chi connectivity index (χ3v) is 4.18. The van der Waals surface area contributed by atoms with Crippen molar-refractivity contribution in [3.8, 4) is 0 Å². The Morgan fingerprint density at radius 1 is 1.39 bits per heavy atom. The molecular weight excluding hydrogens is 250 g/mol. The van der Waals surface area contributed by atoms with Crippen molar-refractivity contribution in [3.63, 3.8) is 0 Å². The molecule has 0 aliphatic heterocycles. The Kier molecular flexibility index (Phi) is 3.59. The molecular formula is C12H19N3O2S. The molecule has 0 atom stereocenters. The molecule has 0 unspecified atom stereocenters. The van der Waals surface area contributed by atoms with Gasteiger partial charge in [0.1, 0.15) is 10.7 Å². The van der Waals surface area contributed by atoms with E-state index in [4.69, 9.17) is 0 Å². The van der Waals surface area contributed by atoms with Gasteiger partial charge in [-0.15, -0.1) is 0 Å². The molecule has 0 radical (unpaired) electrons. The molecule has 0 aromatic carbocycles. The molecule has 1 aliphatic carbocycles. The molecule has 1 aliphatic rings. The fourth-order valence-corrected chi connectivity index (χ4v) is 2.94. The van der Waals surface area contributed by atoms with E-state index in [1.165, 1.54) is 6.20 Å². The summed E-state index contributed by atoms with van der Waals surface area (Å²) in [5, 5.41) is 3.18. The van der Waals surface area contributed by atoms with Crippen molar-refractivity contribution in [1.82, 2.24) is 9.71 Å². The van der Waals surface area contributed by atoms with Crippen LogP contribution in [0.15, 0.2) is 17.2 Å². The van der Waals surface area contributed by atoms with Crippen LogP contribution in [0.3, 0.4) is 0 Å². The molecule has 6 heteroatoms.